The molecule has 58 valence electrons. The van der Waals surface area contributed by atoms with Crippen LogP contribution in [0.2, 0.25) is 0 Å². The maximum Gasteiger partial charge on any atom is 0.0687 e. The van der Waals surface area contributed by atoms with Gasteiger partial charge in [0.05, 0.1) is 5.60 Å². The smallest absolute Gasteiger partial charge is 0.0687 e. The molecule has 1 unspecified atom stereocenters. The van der Waals surface area contributed by atoms with Gasteiger partial charge in [-0.3, -0.25) is 0 Å². The van der Waals surface area contributed by atoms with Crippen LogP contribution in [0.5, 0.6) is 0 Å². The van der Waals surface area contributed by atoms with E-state index in [9.17, 15) is 0 Å². The molecule has 1 heteroatoms. The summed E-state index contributed by atoms with van der Waals surface area (Å²) in [6.45, 7) is 6.14. The molecule has 0 bridgehead atoms. The van der Waals surface area contributed by atoms with Crippen LogP contribution in [-0.4, -0.2) is 12.7 Å². The van der Waals surface area contributed by atoms with Crippen molar-refractivity contribution in [3.8, 4) is 0 Å². The van der Waals surface area contributed by atoms with Gasteiger partial charge in [-0.05, 0) is 32.6 Å². The molecule has 10 heavy (non-hydrogen) atoms. The van der Waals surface area contributed by atoms with Crippen LogP contribution in [0.25, 0.3) is 0 Å². The Labute approximate surface area is 63.1 Å². The molecule has 1 saturated carbocycles. The maximum absolute atomic E-state index is 5.39. The van der Waals surface area contributed by atoms with Crippen molar-refractivity contribution >= 4 is 0 Å². The molecular formula is C9H16O. The van der Waals surface area contributed by atoms with E-state index >= 15 is 0 Å². The highest BCUT2D eigenvalue weighted by atomic mass is 16.5. The summed E-state index contributed by atoms with van der Waals surface area (Å²) >= 11 is 0. The van der Waals surface area contributed by atoms with Gasteiger partial charge >= 0.3 is 0 Å². The standard InChI is InChI=1S/C9H16O/c1-8-5-4-6-9(2,7-8)10-3/h1,4-7H2,2-3H3. The van der Waals surface area contributed by atoms with Gasteiger partial charge < -0.3 is 4.74 Å². The van der Waals surface area contributed by atoms with Gasteiger partial charge in [0, 0.05) is 7.11 Å². The predicted octanol–water partition coefficient (Wildman–Crippen LogP) is 2.52. The van der Waals surface area contributed by atoms with E-state index in [0.29, 0.717) is 0 Å². The first kappa shape index (κ1) is 7.80. The van der Waals surface area contributed by atoms with Crippen molar-refractivity contribution in [2.24, 2.45) is 0 Å². The Morgan fingerprint density at radius 2 is 2.30 bits per heavy atom. The van der Waals surface area contributed by atoms with Gasteiger partial charge in [0.25, 0.3) is 0 Å². The molecule has 1 aliphatic carbocycles. The third-order valence-corrected chi connectivity index (χ3v) is 2.35. The number of hydrogen-bond acceptors (Lipinski definition) is 1. The van der Waals surface area contributed by atoms with E-state index < -0.39 is 0 Å². The quantitative estimate of drug-likeness (QED) is 0.508. The molecule has 1 aliphatic rings. The third kappa shape index (κ3) is 1.60. The van der Waals surface area contributed by atoms with Crippen LogP contribution in [0, 0.1) is 0 Å². The molecule has 0 radical (unpaired) electrons. The Morgan fingerprint density at radius 3 is 2.70 bits per heavy atom. The van der Waals surface area contributed by atoms with Gasteiger partial charge in [-0.1, -0.05) is 12.2 Å². The summed E-state index contributed by atoms with van der Waals surface area (Å²) in [4.78, 5) is 0. The van der Waals surface area contributed by atoms with Crippen LogP contribution in [0.1, 0.15) is 32.6 Å². The van der Waals surface area contributed by atoms with Crippen molar-refractivity contribution in [1.82, 2.24) is 0 Å². The highest BCUT2D eigenvalue weighted by molar-refractivity contribution is 5.04. The van der Waals surface area contributed by atoms with Crippen LogP contribution in [0.4, 0.5) is 0 Å². The number of ether oxygens (including phenoxy) is 1. The van der Waals surface area contributed by atoms with Crippen LogP contribution in [0.15, 0.2) is 12.2 Å². The summed E-state index contributed by atoms with van der Waals surface area (Å²) < 4.78 is 5.39. The molecule has 0 aromatic rings. The van der Waals surface area contributed by atoms with Crippen molar-refractivity contribution in [1.29, 1.82) is 0 Å². The molecule has 0 aromatic heterocycles. The van der Waals surface area contributed by atoms with Gasteiger partial charge in [-0.15, -0.1) is 0 Å². The summed E-state index contributed by atoms with van der Waals surface area (Å²) in [7, 11) is 1.79. The Hall–Kier alpha value is -0.300. The Balaban J connectivity index is 2.53. The van der Waals surface area contributed by atoms with Crippen LogP contribution < -0.4 is 0 Å². The normalized spacial score (nSPS) is 34.4. The number of methoxy groups -OCH3 is 1. The summed E-state index contributed by atoms with van der Waals surface area (Å²) in [6.07, 6.45) is 4.66. The lowest BCUT2D eigenvalue weighted by Crippen LogP contribution is -2.30. The number of hydrogen-bond donors (Lipinski definition) is 0. The lowest BCUT2D eigenvalue weighted by Gasteiger charge is -2.33. The van der Waals surface area contributed by atoms with Crippen LogP contribution in [-0.2, 0) is 4.74 Å². The van der Waals surface area contributed by atoms with Crippen molar-refractivity contribution in [3.05, 3.63) is 12.2 Å². The van der Waals surface area contributed by atoms with Gasteiger partial charge in [0.1, 0.15) is 0 Å². The molecule has 0 spiro atoms. The topological polar surface area (TPSA) is 9.23 Å². The molecule has 0 aromatic carbocycles. The summed E-state index contributed by atoms with van der Waals surface area (Å²) in [5.41, 5.74) is 1.44. The lowest BCUT2D eigenvalue weighted by molar-refractivity contribution is -0.0102. The van der Waals surface area contributed by atoms with Crippen molar-refractivity contribution in [2.75, 3.05) is 7.11 Å². The average Bonchev–Trinajstić information content (AvgIpc) is 1.88. The second-order valence-electron chi connectivity index (χ2n) is 3.43. The highest BCUT2D eigenvalue weighted by Gasteiger charge is 2.27. The predicted molar refractivity (Wildman–Crippen MR) is 43.0 cm³/mol. The van der Waals surface area contributed by atoms with E-state index in [1.165, 1.54) is 24.8 Å². The Morgan fingerprint density at radius 1 is 1.60 bits per heavy atom. The second-order valence-corrected chi connectivity index (χ2v) is 3.43. The van der Waals surface area contributed by atoms with E-state index in [4.69, 9.17) is 4.74 Å². The minimum Gasteiger partial charge on any atom is -0.378 e. The zero-order valence-electron chi connectivity index (χ0n) is 6.94. The second kappa shape index (κ2) is 2.75. The SMILES string of the molecule is C=C1CCCC(C)(OC)C1. The first-order valence-corrected chi connectivity index (χ1v) is 3.88. The molecule has 0 aliphatic heterocycles. The molecule has 0 N–H and O–H groups in total. The van der Waals surface area contributed by atoms with Gasteiger partial charge in [-0.25, -0.2) is 0 Å². The van der Waals surface area contributed by atoms with Crippen molar-refractivity contribution in [2.45, 2.75) is 38.2 Å². The fourth-order valence-corrected chi connectivity index (χ4v) is 1.59. The fraction of sp³-hybridized carbons (Fsp3) is 0.778. The van der Waals surface area contributed by atoms with Crippen LogP contribution >= 0.6 is 0 Å². The molecule has 0 amide bonds. The Kier molecular flexibility index (Phi) is 2.14. The Bertz CT molecular complexity index is 140. The van der Waals surface area contributed by atoms with E-state index in [2.05, 4.69) is 13.5 Å². The maximum atomic E-state index is 5.39. The highest BCUT2D eigenvalue weighted by Crippen LogP contribution is 2.32. The zero-order chi connectivity index (χ0) is 7.61. The van der Waals surface area contributed by atoms with E-state index in [1.807, 2.05) is 0 Å². The molecule has 1 atom stereocenters. The number of rotatable bonds is 1. The van der Waals surface area contributed by atoms with Crippen molar-refractivity contribution < 1.29 is 4.74 Å². The molecule has 1 rings (SSSR count). The zero-order valence-corrected chi connectivity index (χ0v) is 6.94. The largest absolute Gasteiger partial charge is 0.378 e. The van der Waals surface area contributed by atoms with Gasteiger partial charge in [0.15, 0.2) is 0 Å². The van der Waals surface area contributed by atoms with Crippen LogP contribution in [0.3, 0.4) is 0 Å². The van der Waals surface area contributed by atoms with Crippen molar-refractivity contribution in [3.63, 3.8) is 0 Å². The molecule has 1 nitrogen and oxygen atoms in total. The molecular weight excluding hydrogens is 124 g/mol. The minimum atomic E-state index is 0.0926. The lowest BCUT2D eigenvalue weighted by atomic mass is 9.84. The fourth-order valence-electron chi connectivity index (χ4n) is 1.59. The summed E-state index contributed by atoms with van der Waals surface area (Å²) in [6, 6.07) is 0. The monoisotopic (exact) mass is 140 g/mol. The van der Waals surface area contributed by atoms with Gasteiger partial charge in [-0.2, -0.15) is 0 Å². The molecule has 1 fully saturated rings. The van der Waals surface area contributed by atoms with E-state index in [-0.39, 0.29) is 5.60 Å². The summed E-state index contributed by atoms with van der Waals surface area (Å²) in [5, 5.41) is 0. The molecule has 0 saturated heterocycles. The first-order valence-electron chi connectivity index (χ1n) is 3.88. The van der Waals surface area contributed by atoms with Gasteiger partial charge in [0.2, 0.25) is 0 Å². The third-order valence-electron chi connectivity index (χ3n) is 2.35. The summed E-state index contributed by atoms with van der Waals surface area (Å²) in [5.74, 6) is 0. The molecule has 0 heterocycles. The minimum absolute atomic E-state index is 0.0926. The average molecular weight is 140 g/mol. The first-order chi connectivity index (χ1) is 4.66. The van der Waals surface area contributed by atoms with E-state index in [0.717, 1.165) is 6.42 Å². The van der Waals surface area contributed by atoms with E-state index in [1.54, 1.807) is 7.11 Å².